The topological polar surface area (TPSA) is 98.5 Å². The van der Waals surface area contributed by atoms with Gasteiger partial charge in [0.15, 0.2) is 0 Å². The smallest absolute Gasteiger partial charge is 0.338 e. The first kappa shape index (κ1) is 17.1. The van der Waals surface area contributed by atoms with Crippen LogP contribution in [-0.4, -0.2) is 22.9 Å². The molecule has 0 spiro atoms. The van der Waals surface area contributed by atoms with Crippen molar-refractivity contribution in [1.82, 2.24) is 0 Å². The molecule has 124 valence electrons. The maximum absolute atomic E-state index is 12.2. The number of nitrogens with zero attached hydrogens (tertiary/aromatic N) is 1. The normalized spacial score (nSPS) is 10.3. The van der Waals surface area contributed by atoms with Gasteiger partial charge in [-0.1, -0.05) is 12.1 Å². The Labute approximate surface area is 138 Å². The van der Waals surface area contributed by atoms with Gasteiger partial charge in [0, 0.05) is 23.4 Å². The number of non-ortho nitro benzene ring substituents is 1. The van der Waals surface area contributed by atoms with E-state index >= 15 is 0 Å². The van der Waals surface area contributed by atoms with Crippen molar-refractivity contribution < 1.29 is 19.2 Å². The molecule has 0 saturated carbocycles. The van der Waals surface area contributed by atoms with Crippen molar-refractivity contribution in [3.8, 4) is 0 Å². The minimum atomic E-state index is -0.570. The van der Waals surface area contributed by atoms with Crippen molar-refractivity contribution in [2.75, 3.05) is 5.32 Å². The molecule has 2 aromatic rings. The average molecular weight is 328 g/mol. The van der Waals surface area contributed by atoms with Crippen molar-refractivity contribution in [1.29, 1.82) is 0 Å². The first-order valence-corrected chi connectivity index (χ1v) is 7.23. The zero-order valence-corrected chi connectivity index (χ0v) is 13.2. The van der Waals surface area contributed by atoms with Gasteiger partial charge in [0.25, 0.3) is 11.6 Å². The molecule has 0 aliphatic heterocycles. The van der Waals surface area contributed by atoms with Crippen LogP contribution in [0.4, 0.5) is 11.4 Å². The van der Waals surface area contributed by atoms with Crippen LogP contribution in [0.5, 0.6) is 0 Å². The van der Waals surface area contributed by atoms with Gasteiger partial charge in [-0.25, -0.2) is 4.79 Å². The summed E-state index contributed by atoms with van der Waals surface area (Å²) in [5.41, 5.74) is 0.682. The maximum atomic E-state index is 12.2. The van der Waals surface area contributed by atoms with Gasteiger partial charge in [0.05, 0.1) is 16.6 Å². The third-order valence-corrected chi connectivity index (χ3v) is 3.02. The number of nitro benzene ring substituents is 1. The lowest BCUT2D eigenvalue weighted by Gasteiger charge is -2.10. The number of benzene rings is 2. The van der Waals surface area contributed by atoms with Crippen LogP contribution in [0.25, 0.3) is 0 Å². The summed E-state index contributed by atoms with van der Waals surface area (Å²) in [6.45, 7) is 3.48. The predicted octanol–water partition coefficient (Wildman–Crippen LogP) is 3.41. The molecule has 0 heterocycles. The highest BCUT2D eigenvalue weighted by molar-refractivity contribution is 6.05. The van der Waals surface area contributed by atoms with Crippen molar-refractivity contribution in [2.45, 2.75) is 20.0 Å². The molecule has 0 atom stereocenters. The van der Waals surface area contributed by atoms with Gasteiger partial charge in [0.2, 0.25) is 0 Å². The summed E-state index contributed by atoms with van der Waals surface area (Å²) in [5, 5.41) is 13.4. The van der Waals surface area contributed by atoms with E-state index in [4.69, 9.17) is 4.74 Å². The molecule has 1 amide bonds. The number of carbonyl (C=O) groups excluding carboxylic acids is 2. The number of hydrogen-bond donors (Lipinski definition) is 1. The molecule has 0 aromatic heterocycles. The van der Waals surface area contributed by atoms with Crippen LogP contribution in [0, 0.1) is 10.1 Å². The van der Waals surface area contributed by atoms with E-state index in [0.717, 1.165) is 0 Å². The first-order chi connectivity index (χ1) is 11.4. The SMILES string of the molecule is CC(C)OC(=O)c1cccc(NC(=O)c2cccc([N+](=O)[O-])c2)c1. The van der Waals surface area contributed by atoms with Crippen LogP contribution >= 0.6 is 0 Å². The fraction of sp³-hybridized carbons (Fsp3) is 0.176. The molecule has 0 unspecified atom stereocenters. The van der Waals surface area contributed by atoms with Gasteiger partial charge >= 0.3 is 5.97 Å². The largest absolute Gasteiger partial charge is 0.459 e. The first-order valence-electron chi connectivity index (χ1n) is 7.23. The van der Waals surface area contributed by atoms with E-state index in [1.54, 1.807) is 32.0 Å². The molecule has 0 aliphatic rings. The van der Waals surface area contributed by atoms with Crippen molar-refractivity contribution >= 4 is 23.3 Å². The third-order valence-electron chi connectivity index (χ3n) is 3.02. The number of rotatable bonds is 5. The van der Waals surface area contributed by atoms with E-state index in [2.05, 4.69) is 5.32 Å². The molecule has 0 radical (unpaired) electrons. The number of anilines is 1. The highest BCUT2D eigenvalue weighted by Crippen LogP contribution is 2.17. The molecule has 24 heavy (non-hydrogen) atoms. The Bertz CT molecular complexity index is 786. The summed E-state index contributed by atoms with van der Waals surface area (Å²) in [7, 11) is 0. The Morgan fingerprint density at radius 1 is 1.08 bits per heavy atom. The fourth-order valence-electron chi connectivity index (χ4n) is 1.97. The minimum Gasteiger partial charge on any atom is -0.459 e. The number of amides is 1. The predicted molar refractivity (Wildman–Crippen MR) is 88.0 cm³/mol. The molecule has 0 bridgehead atoms. The highest BCUT2D eigenvalue weighted by Gasteiger charge is 2.13. The Kier molecular flexibility index (Phi) is 5.26. The summed E-state index contributed by atoms with van der Waals surface area (Å²) < 4.78 is 5.10. The van der Waals surface area contributed by atoms with Crippen LogP contribution in [0.1, 0.15) is 34.6 Å². The lowest BCUT2D eigenvalue weighted by Crippen LogP contribution is -2.14. The second kappa shape index (κ2) is 7.36. The van der Waals surface area contributed by atoms with E-state index in [-0.39, 0.29) is 17.4 Å². The summed E-state index contributed by atoms with van der Waals surface area (Å²) in [6, 6.07) is 11.7. The van der Waals surface area contributed by atoms with Crippen molar-refractivity contribution in [3.05, 3.63) is 69.8 Å². The van der Waals surface area contributed by atoms with Gasteiger partial charge in [0.1, 0.15) is 0 Å². The summed E-state index contributed by atoms with van der Waals surface area (Å²) in [4.78, 5) is 34.3. The second-order valence-electron chi connectivity index (χ2n) is 5.30. The molecule has 1 N–H and O–H groups in total. The lowest BCUT2D eigenvalue weighted by molar-refractivity contribution is -0.384. The number of esters is 1. The van der Waals surface area contributed by atoms with Crippen molar-refractivity contribution in [3.63, 3.8) is 0 Å². The molecule has 0 aliphatic carbocycles. The molecular formula is C17H16N2O5. The number of nitrogens with one attached hydrogen (secondary N) is 1. The standard InChI is InChI=1S/C17H16N2O5/c1-11(2)24-17(21)13-6-3-7-14(9-13)18-16(20)12-5-4-8-15(10-12)19(22)23/h3-11H,1-2H3,(H,18,20). The Hall–Kier alpha value is -3.22. The van der Waals surface area contributed by atoms with E-state index < -0.39 is 16.8 Å². The maximum Gasteiger partial charge on any atom is 0.338 e. The molecule has 2 rings (SSSR count). The van der Waals surface area contributed by atoms with Gasteiger partial charge < -0.3 is 10.1 Å². The van der Waals surface area contributed by atoms with Gasteiger partial charge in [-0.2, -0.15) is 0 Å². The lowest BCUT2D eigenvalue weighted by atomic mass is 10.1. The zero-order valence-electron chi connectivity index (χ0n) is 13.2. The number of nitro groups is 1. The van der Waals surface area contributed by atoms with Crippen LogP contribution in [0.3, 0.4) is 0 Å². The third kappa shape index (κ3) is 4.39. The number of carbonyl (C=O) groups is 2. The molecule has 0 fully saturated rings. The molecule has 2 aromatic carbocycles. The van der Waals surface area contributed by atoms with Crippen LogP contribution in [0.15, 0.2) is 48.5 Å². The fourth-order valence-corrected chi connectivity index (χ4v) is 1.97. The number of hydrogen-bond acceptors (Lipinski definition) is 5. The van der Waals surface area contributed by atoms with Gasteiger partial charge in [-0.3, -0.25) is 14.9 Å². The minimum absolute atomic E-state index is 0.152. The van der Waals surface area contributed by atoms with Crippen LogP contribution < -0.4 is 5.32 Å². The van der Waals surface area contributed by atoms with Crippen LogP contribution in [0.2, 0.25) is 0 Å². The summed E-state index contributed by atoms with van der Waals surface area (Å²) in [6.07, 6.45) is -0.249. The Morgan fingerprint density at radius 2 is 1.75 bits per heavy atom. The van der Waals surface area contributed by atoms with Gasteiger partial charge in [-0.05, 0) is 38.1 Å². The molecule has 7 heteroatoms. The average Bonchev–Trinajstić information content (AvgIpc) is 2.54. The second-order valence-corrected chi connectivity index (χ2v) is 5.30. The van der Waals surface area contributed by atoms with E-state index in [1.807, 2.05) is 0 Å². The quantitative estimate of drug-likeness (QED) is 0.515. The van der Waals surface area contributed by atoms with Gasteiger partial charge in [-0.15, -0.1) is 0 Å². The zero-order chi connectivity index (χ0) is 17.7. The van der Waals surface area contributed by atoms with E-state index in [0.29, 0.717) is 11.3 Å². The van der Waals surface area contributed by atoms with E-state index in [1.165, 1.54) is 30.3 Å². The monoisotopic (exact) mass is 328 g/mol. The Morgan fingerprint density at radius 3 is 2.42 bits per heavy atom. The summed E-state index contributed by atoms with van der Waals surface area (Å²) in [5.74, 6) is -0.996. The Balaban J connectivity index is 2.16. The molecular weight excluding hydrogens is 312 g/mol. The van der Waals surface area contributed by atoms with E-state index in [9.17, 15) is 19.7 Å². The van der Waals surface area contributed by atoms with Crippen molar-refractivity contribution in [2.24, 2.45) is 0 Å². The summed E-state index contributed by atoms with van der Waals surface area (Å²) >= 11 is 0. The molecule has 7 nitrogen and oxygen atoms in total. The number of ether oxygens (including phenoxy) is 1. The highest BCUT2D eigenvalue weighted by atomic mass is 16.6. The van der Waals surface area contributed by atoms with Crippen LogP contribution in [-0.2, 0) is 4.74 Å². The molecule has 0 saturated heterocycles.